The highest BCUT2D eigenvalue weighted by Crippen LogP contribution is 2.20. The van der Waals surface area contributed by atoms with Crippen LogP contribution in [0, 0.1) is 0 Å². The van der Waals surface area contributed by atoms with Crippen LogP contribution in [0.1, 0.15) is 75.6 Å². The lowest BCUT2D eigenvalue weighted by atomic mass is 10.1. The van der Waals surface area contributed by atoms with Gasteiger partial charge >= 0.3 is 0 Å². The maximum absolute atomic E-state index is 12.6. The van der Waals surface area contributed by atoms with E-state index in [1.54, 1.807) is 24.3 Å². The molecule has 1 fully saturated rings. The largest absolute Gasteiger partial charge is 0.339 e. The molecule has 0 radical (unpaired) electrons. The topological polar surface area (TPSA) is 66.5 Å². The zero-order valence-electron chi connectivity index (χ0n) is 16.0. The summed E-state index contributed by atoms with van der Waals surface area (Å²) in [7, 11) is -3.53. The molecule has 1 aliphatic carbocycles. The maximum Gasteiger partial charge on any atom is 0.253 e. The van der Waals surface area contributed by atoms with E-state index in [-0.39, 0.29) is 16.8 Å². The molecule has 1 aromatic carbocycles. The molecule has 1 N–H and O–H groups in total. The molecule has 26 heavy (non-hydrogen) atoms. The molecule has 0 aliphatic heterocycles. The first-order valence-electron chi connectivity index (χ1n) is 9.89. The molecule has 0 bridgehead atoms. The van der Waals surface area contributed by atoms with Crippen molar-refractivity contribution >= 4 is 15.9 Å². The van der Waals surface area contributed by atoms with Gasteiger partial charge in [-0.3, -0.25) is 4.79 Å². The first-order chi connectivity index (χ1) is 12.5. The van der Waals surface area contributed by atoms with Gasteiger partial charge in [-0.1, -0.05) is 39.5 Å². The van der Waals surface area contributed by atoms with Crippen molar-refractivity contribution < 1.29 is 13.2 Å². The molecule has 1 aliphatic rings. The van der Waals surface area contributed by atoms with Gasteiger partial charge in [0.1, 0.15) is 0 Å². The third kappa shape index (κ3) is 5.81. The molecule has 5 nitrogen and oxygen atoms in total. The highest BCUT2D eigenvalue weighted by Gasteiger charge is 2.22. The lowest BCUT2D eigenvalue weighted by Gasteiger charge is -2.21. The second-order valence-electron chi connectivity index (χ2n) is 7.13. The number of hydrogen-bond donors (Lipinski definition) is 1. The summed E-state index contributed by atoms with van der Waals surface area (Å²) in [5, 5.41) is 0. The van der Waals surface area contributed by atoms with Crippen molar-refractivity contribution in [1.82, 2.24) is 9.62 Å². The molecular weight excluding hydrogens is 348 g/mol. The van der Waals surface area contributed by atoms with Gasteiger partial charge in [0.15, 0.2) is 0 Å². The van der Waals surface area contributed by atoms with Crippen LogP contribution in [0.4, 0.5) is 0 Å². The van der Waals surface area contributed by atoms with Crippen LogP contribution in [-0.4, -0.2) is 38.4 Å². The van der Waals surface area contributed by atoms with Gasteiger partial charge < -0.3 is 4.90 Å². The highest BCUT2D eigenvalue weighted by atomic mass is 32.2. The van der Waals surface area contributed by atoms with Crippen LogP contribution in [-0.2, 0) is 10.0 Å². The smallest absolute Gasteiger partial charge is 0.253 e. The summed E-state index contributed by atoms with van der Waals surface area (Å²) in [6.07, 6.45) is 8.13. The summed E-state index contributed by atoms with van der Waals surface area (Å²) in [6, 6.07) is 6.36. The molecule has 0 heterocycles. The number of amides is 1. The number of hydrogen-bond acceptors (Lipinski definition) is 3. The van der Waals surface area contributed by atoms with Crippen molar-refractivity contribution in [1.29, 1.82) is 0 Å². The molecule has 2 rings (SSSR count). The summed E-state index contributed by atoms with van der Waals surface area (Å²) in [4.78, 5) is 14.7. The van der Waals surface area contributed by atoms with Crippen molar-refractivity contribution in [2.24, 2.45) is 0 Å². The summed E-state index contributed by atoms with van der Waals surface area (Å²) in [5.74, 6) is -0.0330. The highest BCUT2D eigenvalue weighted by molar-refractivity contribution is 7.89. The van der Waals surface area contributed by atoms with Crippen molar-refractivity contribution in [2.75, 3.05) is 13.1 Å². The van der Waals surface area contributed by atoms with Crippen LogP contribution in [0.3, 0.4) is 0 Å². The van der Waals surface area contributed by atoms with Gasteiger partial charge in [-0.15, -0.1) is 0 Å². The summed E-state index contributed by atoms with van der Waals surface area (Å²) in [6.45, 7) is 5.53. The minimum atomic E-state index is -3.53. The minimum Gasteiger partial charge on any atom is -0.339 e. The number of rotatable bonds is 8. The molecule has 146 valence electrons. The standard InChI is InChI=1S/C20H32N2O3S/c1-3-15-22(16-4-2)20(23)17-11-13-19(14-12-17)26(24,25)21-18-9-7-5-6-8-10-18/h11-14,18,21H,3-10,15-16H2,1-2H3. The van der Waals surface area contributed by atoms with Gasteiger partial charge in [0.05, 0.1) is 4.90 Å². The second-order valence-corrected chi connectivity index (χ2v) is 8.84. The third-order valence-corrected chi connectivity index (χ3v) is 6.40. The van der Waals surface area contributed by atoms with Crippen LogP contribution >= 0.6 is 0 Å². The van der Waals surface area contributed by atoms with E-state index in [2.05, 4.69) is 4.72 Å². The number of nitrogens with zero attached hydrogens (tertiary/aromatic N) is 1. The first-order valence-corrected chi connectivity index (χ1v) is 11.4. The lowest BCUT2D eigenvalue weighted by molar-refractivity contribution is 0.0755. The molecule has 1 aromatic rings. The van der Waals surface area contributed by atoms with Crippen LogP contribution < -0.4 is 4.72 Å². The number of sulfonamides is 1. The van der Waals surface area contributed by atoms with E-state index in [1.807, 2.05) is 18.7 Å². The molecule has 6 heteroatoms. The van der Waals surface area contributed by atoms with Crippen molar-refractivity contribution in [3.63, 3.8) is 0 Å². The number of nitrogens with one attached hydrogen (secondary N) is 1. The zero-order chi connectivity index (χ0) is 19.0. The molecule has 0 saturated heterocycles. The van der Waals surface area contributed by atoms with Crippen molar-refractivity contribution in [2.45, 2.75) is 76.2 Å². The lowest BCUT2D eigenvalue weighted by Crippen LogP contribution is -2.34. The number of benzene rings is 1. The van der Waals surface area contributed by atoms with Gasteiger partial charge in [-0.2, -0.15) is 0 Å². The maximum atomic E-state index is 12.6. The van der Waals surface area contributed by atoms with Crippen LogP contribution in [0.25, 0.3) is 0 Å². The van der Waals surface area contributed by atoms with Gasteiger partial charge in [0, 0.05) is 24.7 Å². The van der Waals surface area contributed by atoms with E-state index in [9.17, 15) is 13.2 Å². The van der Waals surface area contributed by atoms with Crippen LogP contribution in [0.5, 0.6) is 0 Å². The monoisotopic (exact) mass is 380 g/mol. The Labute approximate surface area is 158 Å². The fourth-order valence-electron chi connectivity index (χ4n) is 3.50. The zero-order valence-corrected chi connectivity index (χ0v) is 16.9. The molecule has 1 saturated carbocycles. The van der Waals surface area contributed by atoms with E-state index in [4.69, 9.17) is 0 Å². The average Bonchev–Trinajstić information content (AvgIpc) is 2.89. The Morgan fingerprint density at radius 2 is 1.54 bits per heavy atom. The van der Waals surface area contributed by atoms with E-state index in [0.29, 0.717) is 5.56 Å². The average molecular weight is 381 g/mol. The molecule has 0 spiro atoms. The Bertz CT molecular complexity index is 657. The first kappa shape index (κ1) is 20.9. The molecule has 1 amide bonds. The quantitative estimate of drug-likeness (QED) is 0.695. The van der Waals surface area contributed by atoms with Crippen LogP contribution in [0.2, 0.25) is 0 Å². The van der Waals surface area contributed by atoms with Gasteiger partial charge in [0.25, 0.3) is 5.91 Å². The molecule has 0 aromatic heterocycles. The molecule has 0 atom stereocenters. The van der Waals surface area contributed by atoms with Crippen molar-refractivity contribution in [3.8, 4) is 0 Å². The minimum absolute atomic E-state index is 0.0217. The van der Waals surface area contributed by atoms with E-state index >= 15 is 0 Å². The summed E-state index contributed by atoms with van der Waals surface area (Å²) >= 11 is 0. The predicted octanol–water partition coefficient (Wildman–Crippen LogP) is 3.95. The molecule has 0 unspecified atom stereocenters. The fraction of sp³-hybridized carbons (Fsp3) is 0.650. The predicted molar refractivity (Wildman–Crippen MR) is 105 cm³/mol. The SMILES string of the molecule is CCCN(CCC)C(=O)c1ccc(S(=O)(=O)NC2CCCCCC2)cc1. The fourth-order valence-corrected chi connectivity index (χ4v) is 4.80. The Kier molecular flexibility index (Phi) is 8.10. The summed E-state index contributed by atoms with van der Waals surface area (Å²) < 4.78 is 28.1. The van der Waals surface area contributed by atoms with E-state index in [1.165, 1.54) is 12.8 Å². The van der Waals surface area contributed by atoms with Gasteiger partial charge in [0.2, 0.25) is 10.0 Å². The Balaban J connectivity index is 2.08. The normalized spacial score (nSPS) is 16.2. The van der Waals surface area contributed by atoms with Crippen LogP contribution in [0.15, 0.2) is 29.2 Å². The second kappa shape index (κ2) is 10.1. The Morgan fingerprint density at radius 3 is 2.04 bits per heavy atom. The number of carbonyl (C=O) groups excluding carboxylic acids is 1. The molecular formula is C20H32N2O3S. The summed E-state index contributed by atoms with van der Waals surface area (Å²) in [5.41, 5.74) is 0.542. The number of carbonyl (C=O) groups is 1. The van der Waals surface area contributed by atoms with Gasteiger partial charge in [-0.05, 0) is 49.9 Å². The van der Waals surface area contributed by atoms with E-state index in [0.717, 1.165) is 51.6 Å². The Morgan fingerprint density at radius 1 is 1.00 bits per heavy atom. The van der Waals surface area contributed by atoms with Crippen molar-refractivity contribution in [3.05, 3.63) is 29.8 Å². The van der Waals surface area contributed by atoms with Gasteiger partial charge in [-0.25, -0.2) is 13.1 Å². The third-order valence-electron chi connectivity index (χ3n) is 4.86. The van der Waals surface area contributed by atoms with E-state index < -0.39 is 10.0 Å². The Hall–Kier alpha value is -1.40.